The Morgan fingerprint density at radius 2 is 1.72 bits per heavy atom. The zero-order valence-corrected chi connectivity index (χ0v) is 17.5. The molecule has 1 aliphatic heterocycles. The maximum Gasteiger partial charge on any atom is 0.190 e. The molecule has 0 spiro atoms. The number of aliphatic imine (C=N–C) groups is 1. The number of nitrogens with zero attached hydrogens (tertiary/aromatic N) is 3. The summed E-state index contributed by atoms with van der Waals surface area (Å²) >= 11 is 0. The third kappa shape index (κ3) is 10.7. The Kier molecular flexibility index (Phi) is 11.1. The summed E-state index contributed by atoms with van der Waals surface area (Å²) in [4.78, 5) is 9.37. The van der Waals surface area contributed by atoms with Crippen LogP contribution in [0, 0.1) is 5.41 Å². The van der Waals surface area contributed by atoms with E-state index in [9.17, 15) is 0 Å². The molecule has 0 aromatic heterocycles. The van der Waals surface area contributed by atoms with Crippen LogP contribution in [0.5, 0.6) is 0 Å². The van der Waals surface area contributed by atoms with Crippen LogP contribution in [-0.4, -0.2) is 75.7 Å². The number of hydrogen-bond acceptors (Lipinski definition) is 3. The second-order valence-electron chi connectivity index (χ2n) is 8.33. The van der Waals surface area contributed by atoms with Gasteiger partial charge in [0, 0.05) is 46.3 Å². The number of guanidine groups is 1. The van der Waals surface area contributed by atoms with Crippen molar-refractivity contribution in [3.05, 3.63) is 0 Å². The third-order valence-electron chi connectivity index (χ3n) is 5.20. The van der Waals surface area contributed by atoms with Crippen LogP contribution in [0.3, 0.4) is 0 Å². The monoisotopic (exact) mass is 353 g/mol. The normalized spacial score (nSPS) is 17.7. The highest BCUT2D eigenvalue weighted by Crippen LogP contribution is 2.22. The van der Waals surface area contributed by atoms with E-state index >= 15 is 0 Å². The van der Waals surface area contributed by atoms with Crippen LogP contribution >= 0.6 is 0 Å². The van der Waals surface area contributed by atoms with Crippen LogP contribution in [0.1, 0.15) is 59.3 Å². The van der Waals surface area contributed by atoms with E-state index in [4.69, 9.17) is 0 Å². The zero-order chi connectivity index (χ0) is 18.5. The van der Waals surface area contributed by atoms with E-state index in [-0.39, 0.29) is 0 Å². The van der Waals surface area contributed by atoms with E-state index in [1.807, 2.05) is 7.05 Å². The maximum absolute atomic E-state index is 4.36. The Labute approximate surface area is 156 Å². The van der Waals surface area contributed by atoms with Gasteiger partial charge in [0.1, 0.15) is 0 Å². The molecule has 0 saturated carbocycles. The molecule has 1 aliphatic rings. The van der Waals surface area contributed by atoms with E-state index in [1.54, 1.807) is 0 Å². The number of unbranched alkanes of at least 4 members (excludes halogenated alkanes) is 3. The van der Waals surface area contributed by atoms with Gasteiger partial charge in [0.05, 0.1) is 0 Å². The Morgan fingerprint density at radius 3 is 2.36 bits per heavy atom. The summed E-state index contributed by atoms with van der Waals surface area (Å²) in [6.45, 7) is 15.0. The number of piperazine rings is 1. The summed E-state index contributed by atoms with van der Waals surface area (Å²) < 4.78 is 0. The first-order valence-corrected chi connectivity index (χ1v) is 10.3. The molecule has 0 amide bonds. The molecule has 1 rings (SSSR count). The van der Waals surface area contributed by atoms with Crippen molar-refractivity contribution in [3.8, 4) is 0 Å². The minimum absolute atomic E-state index is 0.328. The van der Waals surface area contributed by atoms with Crippen LogP contribution < -0.4 is 10.6 Å². The molecule has 1 heterocycles. The van der Waals surface area contributed by atoms with Gasteiger partial charge in [0.25, 0.3) is 0 Å². The first kappa shape index (κ1) is 22.2. The fourth-order valence-corrected chi connectivity index (χ4v) is 3.22. The average Bonchev–Trinajstić information content (AvgIpc) is 2.59. The summed E-state index contributed by atoms with van der Waals surface area (Å²) in [6, 6.07) is 0. The molecular formula is C20H43N5. The van der Waals surface area contributed by atoms with Crippen LogP contribution in [0.15, 0.2) is 4.99 Å². The molecule has 0 radical (unpaired) electrons. The van der Waals surface area contributed by atoms with Gasteiger partial charge in [0.2, 0.25) is 0 Å². The number of nitrogens with one attached hydrogen (secondary N) is 2. The van der Waals surface area contributed by atoms with Gasteiger partial charge < -0.3 is 20.4 Å². The lowest BCUT2D eigenvalue weighted by atomic mass is 9.87. The van der Waals surface area contributed by atoms with E-state index in [0.29, 0.717) is 5.41 Å². The highest BCUT2D eigenvalue weighted by Gasteiger charge is 2.17. The van der Waals surface area contributed by atoms with Crippen molar-refractivity contribution in [1.82, 2.24) is 20.4 Å². The topological polar surface area (TPSA) is 42.9 Å². The van der Waals surface area contributed by atoms with E-state index < -0.39 is 0 Å². The summed E-state index contributed by atoms with van der Waals surface area (Å²) in [5.74, 6) is 0.947. The predicted octanol–water partition coefficient (Wildman–Crippen LogP) is 2.79. The van der Waals surface area contributed by atoms with Crippen molar-refractivity contribution in [3.63, 3.8) is 0 Å². The van der Waals surface area contributed by atoms with Gasteiger partial charge in [-0.25, -0.2) is 0 Å². The molecule has 5 nitrogen and oxygen atoms in total. The first-order chi connectivity index (χ1) is 12.0. The summed E-state index contributed by atoms with van der Waals surface area (Å²) in [5, 5.41) is 6.97. The number of hydrogen-bond donors (Lipinski definition) is 2. The minimum atomic E-state index is 0.328. The Bertz CT molecular complexity index is 359. The lowest BCUT2D eigenvalue weighted by Crippen LogP contribution is -2.45. The van der Waals surface area contributed by atoms with Crippen molar-refractivity contribution >= 4 is 5.96 Å². The lowest BCUT2D eigenvalue weighted by Gasteiger charge is -2.32. The molecule has 148 valence electrons. The van der Waals surface area contributed by atoms with Crippen molar-refractivity contribution in [1.29, 1.82) is 0 Å². The van der Waals surface area contributed by atoms with Crippen molar-refractivity contribution in [2.24, 2.45) is 10.4 Å². The Hall–Kier alpha value is -0.810. The predicted molar refractivity (Wildman–Crippen MR) is 110 cm³/mol. The number of likely N-dealkylation sites (N-methyl/N-ethyl adjacent to an activating group) is 1. The van der Waals surface area contributed by atoms with Gasteiger partial charge in [-0.3, -0.25) is 4.99 Å². The fourth-order valence-electron chi connectivity index (χ4n) is 3.22. The molecule has 0 aliphatic carbocycles. The van der Waals surface area contributed by atoms with Crippen molar-refractivity contribution in [2.45, 2.75) is 59.3 Å². The van der Waals surface area contributed by atoms with Crippen LogP contribution in [0.2, 0.25) is 0 Å². The van der Waals surface area contributed by atoms with E-state index in [2.05, 4.69) is 53.2 Å². The Morgan fingerprint density at radius 1 is 1.00 bits per heavy atom. The molecule has 0 atom stereocenters. The minimum Gasteiger partial charge on any atom is -0.356 e. The second-order valence-corrected chi connectivity index (χ2v) is 8.33. The fraction of sp³-hybridized carbons (Fsp3) is 0.950. The maximum atomic E-state index is 4.36. The molecule has 0 aromatic carbocycles. The van der Waals surface area contributed by atoms with Gasteiger partial charge in [-0.2, -0.15) is 0 Å². The average molecular weight is 354 g/mol. The highest BCUT2D eigenvalue weighted by atomic mass is 15.2. The molecule has 1 fully saturated rings. The molecule has 2 N–H and O–H groups in total. The largest absolute Gasteiger partial charge is 0.356 e. The molecular weight excluding hydrogens is 310 g/mol. The van der Waals surface area contributed by atoms with E-state index in [0.717, 1.165) is 19.0 Å². The quantitative estimate of drug-likeness (QED) is 0.340. The van der Waals surface area contributed by atoms with Gasteiger partial charge >= 0.3 is 0 Å². The smallest absolute Gasteiger partial charge is 0.190 e. The molecule has 25 heavy (non-hydrogen) atoms. The van der Waals surface area contributed by atoms with Crippen molar-refractivity contribution in [2.75, 3.05) is 59.9 Å². The van der Waals surface area contributed by atoms with Crippen LogP contribution in [-0.2, 0) is 0 Å². The number of rotatable bonds is 11. The SMILES string of the molecule is CCCCCC(C)(C)CNC(=NC)NCCCCN1CCN(C)CC1. The summed E-state index contributed by atoms with van der Waals surface area (Å²) in [7, 11) is 4.08. The van der Waals surface area contributed by atoms with Crippen LogP contribution in [0.25, 0.3) is 0 Å². The molecule has 0 aromatic rings. The molecule has 5 heteroatoms. The van der Waals surface area contributed by atoms with Gasteiger partial charge in [-0.1, -0.05) is 40.0 Å². The molecule has 1 saturated heterocycles. The zero-order valence-electron chi connectivity index (χ0n) is 17.5. The first-order valence-electron chi connectivity index (χ1n) is 10.3. The molecule has 0 unspecified atom stereocenters. The highest BCUT2D eigenvalue weighted by molar-refractivity contribution is 5.79. The standard InChI is InChI=1S/C20H43N5/c1-6-7-8-11-20(2,3)18-23-19(21-4)22-12-9-10-13-25-16-14-24(5)15-17-25/h6-18H2,1-5H3,(H2,21,22,23). The van der Waals surface area contributed by atoms with Crippen LogP contribution in [0.4, 0.5) is 0 Å². The van der Waals surface area contributed by atoms with Gasteiger partial charge in [0.15, 0.2) is 5.96 Å². The lowest BCUT2D eigenvalue weighted by molar-refractivity contribution is 0.152. The van der Waals surface area contributed by atoms with Gasteiger partial charge in [-0.05, 0) is 38.3 Å². The van der Waals surface area contributed by atoms with E-state index in [1.165, 1.54) is 71.2 Å². The third-order valence-corrected chi connectivity index (χ3v) is 5.20. The molecule has 0 bridgehead atoms. The summed E-state index contributed by atoms with van der Waals surface area (Å²) in [5.41, 5.74) is 0.328. The summed E-state index contributed by atoms with van der Waals surface area (Å²) in [6.07, 6.45) is 7.69. The van der Waals surface area contributed by atoms with Gasteiger partial charge in [-0.15, -0.1) is 0 Å². The Balaban J connectivity index is 2.09. The van der Waals surface area contributed by atoms with Crippen molar-refractivity contribution < 1.29 is 0 Å². The second kappa shape index (κ2) is 12.5.